The lowest BCUT2D eigenvalue weighted by Gasteiger charge is -2.37. The van der Waals surface area contributed by atoms with Gasteiger partial charge in [0, 0.05) is 32.0 Å². The normalized spacial score (nSPS) is 14.3. The molecule has 0 aliphatic carbocycles. The van der Waals surface area contributed by atoms with Gasteiger partial charge in [-0.2, -0.15) is 0 Å². The van der Waals surface area contributed by atoms with Crippen molar-refractivity contribution in [3.05, 3.63) is 60.2 Å². The molecule has 0 bridgehead atoms. The predicted octanol–water partition coefficient (Wildman–Crippen LogP) is 0.865. The van der Waals surface area contributed by atoms with Crippen LogP contribution >= 0.6 is 0 Å². The van der Waals surface area contributed by atoms with Gasteiger partial charge in [0.15, 0.2) is 0 Å². The summed E-state index contributed by atoms with van der Waals surface area (Å²) in [6, 6.07) is 9.74. The van der Waals surface area contributed by atoms with Crippen molar-refractivity contribution in [2.45, 2.75) is 6.54 Å². The molecule has 1 aliphatic rings. The Kier molecular flexibility index (Phi) is 4.09. The molecule has 0 radical (unpaired) electrons. The molecule has 1 aromatic carbocycles. The molecule has 6 heteroatoms. The second-order valence-corrected chi connectivity index (χ2v) is 5.20. The van der Waals surface area contributed by atoms with Crippen LogP contribution in [0.15, 0.2) is 48.9 Å². The van der Waals surface area contributed by atoms with E-state index in [0.717, 1.165) is 5.56 Å². The van der Waals surface area contributed by atoms with Crippen molar-refractivity contribution in [1.29, 1.82) is 0 Å². The highest BCUT2D eigenvalue weighted by Gasteiger charge is 2.36. The van der Waals surface area contributed by atoms with Crippen molar-refractivity contribution >= 4 is 11.8 Å². The zero-order valence-electron chi connectivity index (χ0n) is 12.0. The fourth-order valence-corrected chi connectivity index (χ4v) is 2.31. The monoisotopic (exact) mass is 296 g/mol. The van der Waals surface area contributed by atoms with Gasteiger partial charge in [-0.05, 0) is 5.56 Å². The number of hydrogen-bond acceptors (Lipinski definition) is 4. The molecule has 3 rings (SSSR count). The van der Waals surface area contributed by atoms with E-state index in [0.29, 0.717) is 25.3 Å². The van der Waals surface area contributed by atoms with Gasteiger partial charge in [-0.15, -0.1) is 0 Å². The number of benzene rings is 1. The van der Waals surface area contributed by atoms with Crippen molar-refractivity contribution < 1.29 is 9.59 Å². The van der Waals surface area contributed by atoms with Crippen molar-refractivity contribution in [3.8, 4) is 0 Å². The molecule has 0 spiro atoms. The van der Waals surface area contributed by atoms with Crippen LogP contribution in [0.4, 0.5) is 0 Å². The van der Waals surface area contributed by atoms with Crippen molar-refractivity contribution in [1.82, 2.24) is 20.2 Å². The third-order valence-corrected chi connectivity index (χ3v) is 3.63. The first-order chi connectivity index (χ1) is 10.7. The first-order valence-corrected chi connectivity index (χ1v) is 7.11. The number of hydrogen-bond donors (Lipinski definition) is 1. The molecule has 2 aromatic rings. The molecule has 112 valence electrons. The molecule has 1 fully saturated rings. The lowest BCUT2D eigenvalue weighted by atomic mass is 9.98. The van der Waals surface area contributed by atoms with Crippen LogP contribution in [0.5, 0.6) is 0 Å². The molecule has 1 saturated heterocycles. The fourth-order valence-electron chi connectivity index (χ4n) is 2.31. The van der Waals surface area contributed by atoms with Gasteiger partial charge in [0.2, 0.25) is 5.91 Å². The van der Waals surface area contributed by atoms with Crippen molar-refractivity contribution in [2.75, 3.05) is 13.1 Å². The quantitative estimate of drug-likeness (QED) is 0.908. The summed E-state index contributed by atoms with van der Waals surface area (Å²) in [6.07, 6.45) is 4.44. The van der Waals surface area contributed by atoms with E-state index in [1.54, 1.807) is 4.90 Å². The van der Waals surface area contributed by atoms with Crippen LogP contribution in [-0.4, -0.2) is 39.8 Å². The maximum absolute atomic E-state index is 12.1. The van der Waals surface area contributed by atoms with E-state index < -0.39 is 0 Å². The summed E-state index contributed by atoms with van der Waals surface area (Å²) in [5.41, 5.74) is 1.37. The summed E-state index contributed by atoms with van der Waals surface area (Å²) in [5.74, 6) is -0.350. The Morgan fingerprint density at radius 2 is 1.95 bits per heavy atom. The molecular formula is C16H16N4O2. The van der Waals surface area contributed by atoms with Crippen LogP contribution < -0.4 is 5.32 Å². The van der Waals surface area contributed by atoms with Gasteiger partial charge in [0.1, 0.15) is 5.69 Å². The topological polar surface area (TPSA) is 75.2 Å². The van der Waals surface area contributed by atoms with E-state index in [4.69, 9.17) is 0 Å². The van der Waals surface area contributed by atoms with E-state index in [9.17, 15) is 9.59 Å². The number of nitrogens with one attached hydrogen (secondary N) is 1. The zero-order valence-corrected chi connectivity index (χ0v) is 12.0. The maximum atomic E-state index is 12.1. The fraction of sp³-hybridized carbons (Fsp3) is 0.250. The minimum atomic E-state index is -0.180. The number of rotatable bonds is 4. The Hall–Kier alpha value is -2.76. The molecule has 0 unspecified atom stereocenters. The maximum Gasteiger partial charge on any atom is 0.274 e. The summed E-state index contributed by atoms with van der Waals surface area (Å²) in [7, 11) is 0. The van der Waals surface area contributed by atoms with Gasteiger partial charge in [-0.1, -0.05) is 30.3 Å². The molecule has 0 atom stereocenters. The minimum Gasteiger partial charge on any atom is -0.352 e. The average molecular weight is 296 g/mol. The van der Waals surface area contributed by atoms with Crippen LogP contribution in [0, 0.1) is 5.92 Å². The molecule has 22 heavy (non-hydrogen) atoms. The van der Waals surface area contributed by atoms with Gasteiger partial charge < -0.3 is 10.2 Å². The van der Waals surface area contributed by atoms with Gasteiger partial charge in [0.25, 0.3) is 5.91 Å². The third-order valence-electron chi connectivity index (χ3n) is 3.63. The molecule has 1 aliphatic heterocycles. The van der Waals surface area contributed by atoms with Crippen molar-refractivity contribution in [2.24, 2.45) is 5.92 Å². The van der Waals surface area contributed by atoms with Gasteiger partial charge >= 0.3 is 0 Å². The molecule has 2 amide bonds. The van der Waals surface area contributed by atoms with Crippen LogP contribution in [0.3, 0.4) is 0 Å². The van der Waals surface area contributed by atoms with Gasteiger partial charge in [-0.25, -0.2) is 4.98 Å². The average Bonchev–Trinajstić information content (AvgIpc) is 2.53. The summed E-state index contributed by atoms with van der Waals surface area (Å²) in [6.45, 7) is 1.36. The SMILES string of the molecule is O=C(NCc1ccccc1)C1CN(C(=O)c2cnccn2)C1. The Labute approximate surface area is 128 Å². The van der Waals surface area contributed by atoms with Crippen LogP contribution in [-0.2, 0) is 11.3 Å². The highest BCUT2D eigenvalue weighted by atomic mass is 16.2. The number of nitrogens with zero attached hydrogens (tertiary/aromatic N) is 3. The van der Waals surface area contributed by atoms with Crippen LogP contribution in [0.1, 0.15) is 16.1 Å². The van der Waals surface area contributed by atoms with E-state index >= 15 is 0 Å². The molecule has 2 heterocycles. The molecule has 6 nitrogen and oxygen atoms in total. The minimum absolute atomic E-state index is 0.0213. The zero-order chi connectivity index (χ0) is 15.4. The Morgan fingerprint density at radius 3 is 2.64 bits per heavy atom. The predicted molar refractivity (Wildman–Crippen MR) is 79.7 cm³/mol. The highest BCUT2D eigenvalue weighted by molar-refractivity contribution is 5.94. The van der Waals surface area contributed by atoms with Crippen LogP contribution in [0.25, 0.3) is 0 Å². The van der Waals surface area contributed by atoms with E-state index in [1.165, 1.54) is 18.6 Å². The number of aromatic nitrogens is 2. The Balaban J connectivity index is 1.47. The largest absolute Gasteiger partial charge is 0.352 e. The summed E-state index contributed by atoms with van der Waals surface area (Å²) in [5, 5.41) is 2.90. The number of carbonyl (C=O) groups excluding carboxylic acids is 2. The highest BCUT2D eigenvalue weighted by Crippen LogP contribution is 2.18. The smallest absolute Gasteiger partial charge is 0.274 e. The number of carbonyl (C=O) groups is 2. The molecular weight excluding hydrogens is 280 g/mol. The first kappa shape index (κ1) is 14.2. The second-order valence-electron chi connectivity index (χ2n) is 5.20. The first-order valence-electron chi connectivity index (χ1n) is 7.11. The molecule has 1 aromatic heterocycles. The Bertz CT molecular complexity index is 654. The van der Waals surface area contributed by atoms with E-state index in [-0.39, 0.29) is 17.7 Å². The second kappa shape index (κ2) is 6.34. The number of amides is 2. The molecule has 1 N–H and O–H groups in total. The summed E-state index contributed by atoms with van der Waals surface area (Å²) < 4.78 is 0. The lowest BCUT2D eigenvalue weighted by molar-refractivity contribution is -0.129. The van der Waals surface area contributed by atoms with Crippen LogP contribution in [0.2, 0.25) is 0 Å². The van der Waals surface area contributed by atoms with Crippen molar-refractivity contribution in [3.63, 3.8) is 0 Å². The number of likely N-dealkylation sites (tertiary alicyclic amines) is 1. The summed E-state index contributed by atoms with van der Waals surface area (Å²) in [4.78, 5) is 33.5. The Morgan fingerprint density at radius 1 is 1.18 bits per heavy atom. The van der Waals surface area contributed by atoms with Gasteiger partial charge in [-0.3, -0.25) is 14.6 Å². The third kappa shape index (κ3) is 3.11. The summed E-state index contributed by atoms with van der Waals surface area (Å²) >= 11 is 0. The molecule has 0 saturated carbocycles. The van der Waals surface area contributed by atoms with E-state index in [2.05, 4.69) is 15.3 Å². The standard InChI is InChI=1S/C16H16N4O2/c21-15(19-8-12-4-2-1-3-5-12)13-10-20(11-13)16(22)14-9-17-6-7-18-14/h1-7,9,13H,8,10-11H2,(H,19,21). The van der Waals surface area contributed by atoms with E-state index in [1.807, 2.05) is 30.3 Å². The van der Waals surface area contributed by atoms with Gasteiger partial charge in [0.05, 0.1) is 12.1 Å². The lowest BCUT2D eigenvalue weighted by Crippen LogP contribution is -2.55.